The van der Waals surface area contributed by atoms with Crippen molar-refractivity contribution in [3.8, 4) is 5.75 Å². The van der Waals surface area contributed by atoms with E-state index < -0.39 is 22.7 Å². The molecule has 1 aromatic heterocycles. The Balaban J connectivity index is 2.03. The van der Waals surface area contributed by atoms with Gasteiger partial charge >= 0.3 is 5.97 Å². The number of carboxylic acids is 1. The molecule has 1 aromatic carbocycles. The number of pyridine rings is 1. The monoisotopic (exact) mass is 327 g/mol. The molecule has 0 saturated heterocycles. The van der Waals surface area contributed by atoms with Crippen LogP contribution in [0, 0.1) is 0 Å². The lowest BCUT2D eigenvalue weighted by Gasteiger charge is -2.38. The van der Waals surface area contributed by atoms with Crippen molar-refractivity contribution < 1.29 is 15.0 Å². The summed E-state index contributed by atoms with van der Waals surface area (Å²) in [5.74, 6) is -1.84. The first-order valence-corrected chi connectivity index (χ1v) is 8.24. The third kappa shape index (κ3) is 3.07. The first kappa shape index (κ1) is 16.3. The van der Waals surface area contributed by atoms with Crippen molar-refractivity contribution in [2.45, 2.75) is 44.1 Å². The van der Waals surface area contributed by atoms with Gasteiger partial charge in [-0.15, -0.1) is 0 Å². The fraction of sp³-hybridized carbons (Fsp3) is 0.368. The Labute approximate surface area is 140 Å². The first-order chi connectivity index (χ1) is 11.5. The number of aromatic nitrogens is 1. The molecule has 1 aliphatic carbocycles. The predicted octanol–water partition coefficient (Wildman–Crippen LogP) is 3.15. The molecule has 0 spiro atoms. The molecular formula is C19H21NO4. The summed E-state index contributed by atoms with van der Waals surface area (Å²) in [6.45, 7) is 0.547. The first-order valence-electron chi connectivity index (χ1n) is 8.24. The Kier molecular flexibility index (Phi) is 4.42. The molecular weight excluding hydrogens is 306 g/mol. The van der Waals surface area contributed by atoms with Crippen LogP contribution in [0.4, 0.5) is 0 Å². The number of carbonyl (C=O) groups is 1. The van der Waals surface area contributed by atoms with Crippen LogP contribution in [0.15, 0.2) is 47.5 Å². The number of benzene rings is 1. The zero-order valence-corrected chi connectivity index (χ0v) is 13.4. The zero-order valence-electron chi connectivity index (χ0n) is 13.4. The van der Waals surface area contributed by atoms with E-state index in [1.807, 2.05) is 18.2 Å². The summed E-state index contributed by atoms with van der Waals surface area (Å²) in [6.07, 6.45) is 8.13. The number of aromatic carboxylic acids is 1. The summed E-state index contributed by atoms with van der Waals surface area (Å²) in [5, 5.41) is 19.0. The van der Waals surface area contributed by atoms with E-state index in [9.17, 15) is 19.8 Å². The maximum absolute atomic E-state index is 11.8. The smallest absolute Gasteiger partial charge is 0.341 e. The Morgan fingerprint density at radius 3 is 2.38 bits per heavy atom. The second-order valence-corrected chi connectivity index (χ2v) is 6.57. The van der Waals surface area contributed by atoms with Crippen molar-refractivity contribution in [2.75, 3.05) is 0 Å². The summed E-state index contributed by atoms with van der Waals surface area (Å²) in [7, 11) is 0. The van der Waals surface area contributed by atoms with Crippen LogP contribution in [-0.2, 0) is 12.0 Å². The van der Waals surface area contributed by atoms with Gasteiger partial charge in [0.2, 0.25) is 5.43 Å². The second-order valence-electron chi connectivity index (χ2n) is 6.57. The van der Waals surface area contributed by atoms with Crippen LogP contribution in [-0.4, -0.2) is 20.7 Å². The van der Waals surface area contributed by atoms with Gasteiger partial charge in [0.15, 0.2) is 5.75 Å². The van der Waals surface area contributed by atoms with Gasteiger partial charge in [0.05, 0.1) is 0 Å². The molecule has 5 heteroatoms. The molecule has 0 amide bonds. The van der Waals surface area contributed by atoms with Gasteiger partial charge in [-0.05, 0) is 18.4 Å². The number of nitrogens with zero attached hydrogens (tertiary/aromatic N) is 1. The average Bonchev–Trinajstić information content (AvgIpc) is 2.59. The van der Waals surface area contributed by atoms with E-state index in [1.165, 1.54) is 24.4 Å². The molecule has 1 aliphatic rings. The van der Waals surface area contributed by atoms with Gasteiger partial charge in [0.1, 0.15) is 5.56 Å². The van der Waals surface area contributed by atoms with E-state index in [4.69, 9.17) is 0 Å². The van der Waals surface area contributed by atoms with Gasteiger partial charge in [0.25, 0.3) is 0 Å². The number of hydrogen-bond acceptors (Lipinski definition) is 3. The van der Waals surface area contributed by atoms with Gasteiger partial charge in [-0.3, -0.25) is 4.79 Å². The maximum Gasteiger partial charge on any atom is 0.341 e. The molecule has 1 fully saturated rings. The second kappa shape index (κ2) is 6.51. The van der Waals surface area contributed by atoms with E-state index in [1.54, 1.807) is 4.57 Å². The molecule has 3 rings (SSSR count). The van der Waals surface area contributed by atoms with Gasteiger partial charge < -0.3 is 14.8 Å². The predicted molar refractivity (Wildman–Crippen MR) is 90.5 cm³/mol. The molecule has 1 saturated carbocycles. The molecule has 2 N–H and O–H groups in total. The van der Waals surface area contributed by atoms with Crippen LogP contribution in [0.1, 0.15) is 48.0 Å². The number of aromatic hydroxyl groups is 1. The summed E-state index contributed by atoms with van der Waals surface area (Å²) >= 11 is 0. The number of rotatable bonds is 4. The van der Waals surface area contributed by atoms with Crippen molar-refractivity contribution in [2.24, 2.45) is 0 Å². The minimum Gasteiger partial charge on any atom is -0.503 e. The van der Waals surface area contributed by atoms with Crippen molar-refractivity contribution >= 4 is 5.97 Å². The largest absolute Gasteiger partial charge is 0.503 e. The van der Waals surface area contributed by atoms with E-state index >= 15 is 0 Å². The number of carboxylic acid groups (broad SMARTS) is 1. The Hall–Kier alpha value is -2.56. The lowest BCUT2D eigenvalue weighted by molar-refractivity contribution is 0.0693. The van der Waals surface area contributed by atoms with Crippen molar-refractivity contribution in [3.63, 3.8) is 0 Å². The van der Waals surface area contributed by atoms with Crippen LogP contribution in [0.2, 0.25) is 0 Å². The highest BCUT2D eigenvalue weighted by atomic mass is 16.4. The van der Waals surface area contributed by atoms with E-state index in [0.717, 1.165) is 25.7 Å². The molecule has 0 unspecified atom stereocenters. The summed E-state index contributed by atoms with van der Waals surface area (Å²) in [6, 6.07) is 10.2. The van der Waals surface area contributed by atoms with Crippen LogP contribution in [0.5, 0.6) is 5.75 Å². The minimum atomic E-state index is -1.32. The Morgan fingerprint density at radius 1 is 1.08 bits per heavy atom. The molecule has 1 heterocycles. The molecule has 5 nitrogen and oxygen atoms in total. The van der Waals surface area contributed by atoms with E-state index in [-0.39, 0.29) is 5.41 Å². The molecule has 0 atom stereocenters. The molecule has 0 bridgehead atoms. The zero-order chi connectivity index (χ0) is 17.2. The van der Waals surface area contributed by atoms with Crippen LogP contribution >= 0.6 is 0 Å². The average molecular weight is 327 g/mol. The van der Waals surface area contributed by atoms with Crippen LogP contribution in [0.25, 0.3) is 0 Å². The van der Waals surface area contributed by atoms with E-state index in [2.05, 4.69) is 12.1 Å². The highest BCUT2D eigenvalue weighted by molar-refractivity contribution is 5.87. The topological polar surface area (TPSA) is 79.5 Å². The highest BCUT2D eigenvalue weighted by Crippen LogP contribution is 2.40. The quantitative estimate of drug-likeness (QED) is 0.904. The summed E-state index contributed by atoms with van der Waals surface area (Å²) in [5.41, 5.74) is -0.110. The normalized spacial score (nSPS) is 16.7. The van der Waals surface area contributed by atoms with Crippen molar-refractivity contribution in [1.29, 1.82) is 0 Å². The van der Waals surface area contributed by atoms with Gasteiger partial charge in [-0.25, -0.2) is 4.79 Å². The fourth-order valence-electron chi connectivity index (χ4n) is 3.77. The highest BCUT2D eigenvalue weighted by Gasteiger charge is 2.34. The standard InChI is InChI=1S/C19H21NO4/c21-16-12-20(11-15(17(16)22)18(23)24)13-19(9-5-2-6-10-19)14-7-3-1-4-8-14/h1,3-4,7-8,11-12,21H,2,5-6,9-10,13H2,(H,23,24). The van der Waals surface area contributed by atoms with Crippen molar-refractivity contribution in [3.05, 3.63) is 64.1 Å². The van der Waals surface area contributed by atoms with Gasteiger partial charge in [0, 0.05) is 24.4 Å². The van der Waals surface area contributed by atoms with Gasteiger partial charge in [-0.2, -0.15) is 0 Å². The molecule has 0 radical (unpaired) electrons. The summed E-state index contributed by atoms with van der Waals surface area (Å²) in [4.78, 5) is 23.0. The molecule has 24 heavy (non-hydrogen) atoms. The maximum atomic E-state index is 11.8. The third-order valence-electron chi connectivity index (χ3n) is 4.97. The molecule has 2 aromatic rings. The molecule has 0 aliphatic heterocycles. The van der Waals surface area contributed by atoms with Crippen LogP contribution < -0.4 is 5.43 Å². The Bertz CT molecular complexity index is 789. The fourth-order valence-corrected chi connectivity index (χ4v) is 3.77. The lowest BCUT2D eigenvalue weighted by atomic mass is 9.69. The SMILES string of the molecule is O=C(O)c1cn(CC2(c3ccccc3)CCCCC2)cc(O)c1=O. The van der Waals surface area contributed by atoms with Gasteiger partial charge in [-0.1, -0.05) is 49.6 Å². The molecule has 126 valence electrons. The third-order valence-corrected chi connectivity index (χ3v) is 4.97. The minimum absolute atomic E-state index is 0.100. The Morgan fingerprint density at radius 2 is 1.75 bits per heavy atom. The van der Waals surface area contributed by atoms with Crippen LogP contribution in [0.3, 0.4) is 0 Å². The lowest BCUT2D eigenvalue weighted by Crippen LogP contribution is -2.34. The van der Waals surface area contributed by atoms with E-state index in [0.29, 0.717) is 6.54 Å². The number of hydrogen-bond donors (Lipinski definition) is 2. The van der Waals surface area contributed by atoms with Crippen molar-refractivity contribution in [1.82, 2.24) is 4.57 Å². The summed E-state index contributed by atoms with van der Waals surface area (Å²) < 4.78 is 1.65.